The maximum Gasteiger partial charge on any atom is 0.265 e. The lowest BCUT2D eigenvalue weighted by Crippen LogP contribution is -2.36. The summed E-state index contributed by atoms with van der Waals surface area (Å²) in [6, 6.07) is 11.4. The molecule has 0 saturated heterocycles. The average Bonchev–Trinajstić information content (AvgIpc) is 2.87. The Morgan fingerprint density at radius 1 is 1.17 bits per heavy atom. The summed E-state index contributed by atoms with van der Waals surface area (Å²) in [4.78, 5) is 13.1. The fourth-order valence-corrected chi connectivity index (χ4v) is 4.56. The van der Waals surface area contributed by atoms with Crippen molar-refractivity contribution in [1.82, 2.24) is 0 Å². The van der Waals surface area contributed by atoms with Gasteiger partial charge in [0.15, 0.2) is 6.10 Å². The van der Waals surface area contributed by atoms with E-state index in [0.717, 1.165) is 35.2 Å². The summed E-state index contributed by atoms with van der Waals surface area (Å²) in [5.74, 6) is 0.139. The lowest BCUT2D eigenvalue weighted by Gasteiger charge is -2.21. The number of carbonyl (C=O) groups excluding carboxylic acids is 1. The molecule has 2 aromatic rings. The van der Waals surface area contributed by atoms with E-state index < -0.39 is 16.1 Å². The number of rotatable bonds is 5. The predicted octanol–water partition coefficient (Wildman–Crippen LogP) is 3.68. The lowest BCUT2D eigenvalue weighted by atomic mass is 10.0. The van der Waals surface area contributed by atoms with Crippen LogP contribution in [0.2, 0.25) is 0 Å². The minimum Gasteiger partial charge on any atom is -0.478 e. The first kappa shape index (κ1) is 21.2. The number of ether oxygens (including phenoxy) is 1. The van der Waals surface area contributed by atoms with Crippen LogP contribution in [0.4, 0.5) is 11.4 Å². The van der Waals surface area contributed by atoms with Crippen LogP contribution < -0.4 is 14.4 Å². The summed E-state index contributed by atoms with van der Waals surface area (Å²) in [6.07, 6.45) is 2.27. The molecule has 1 aliphatic heterocycles. The van der Waals surface area contributed by atoms with Crippen molar-refractivity contribution < 1.29 is 17.9 Å². The van der Waals surface area contributed by atoms with Gasteiger partial charge in [-0.25, -0.2) is 8.42 Å². The Kier molecular flexibility index (Phi) is 6.17. The molecule has 0 spiro atoms. The summed E-state index contributed by atoms with van der Waals surface area (Å²) in [5.41, 5.74) is 4.37. The molecule has 1 atom stereocenters. The van der Waals surface area contributed by atoms with Gasteiger partial charge in [-0.1, -0.05) is 38.1 Å². The summed E-state index contributed by atoms with van der Waals surface area (Å²) in [7, 11) is -3.49. The van der Waals surface area contributed by atoms with Crippen molar-refractivity contribution in [3.05, 3.63) is 53.1 Å². The highest BCUT2D eigenvalue weighted by molar-refractivity contribution is 7.92. The van der Waals surface area contributed by atoms with Crippen LogP contribution in [0.1, 0.15) is 37.0 Å². The van der Waals surface area contributed by atoms with Crippen LogP contribution in [0.5, 0.6) is 5.75 Å². The number of amides is 1. The maximum absolute atomic E-state index is 13.1. The highest BCUT2D eigenvalue weighted by Gasteiger charge is 2.31. The molecule has 0 fully saturated rings. The highest BCUT2D eigenvalue weighted by Crippen LogP contribution is 2.35. The van der Waals surface area contributed by atoms with E-state index in [9.17, 15) is 13.2 Å². The van der Waals surface area contributed by atoms with Gasteiger partial charge in [0.25, 0.3) is 5.91 Å². The Bertz CT molecular complexity index is 995. The third kappa shape index (κ3) is 4.56. The van der Waals surface area contributed by atoms with E-state index in [2.05, 4.69) is 19.2 Å². The van der Waals surface area contributed by atoms with Gasteiger partial charge in [-0.3, -0.25) is 9.10 Å². The van der Waals surface area contributed by atoms with Crippen LogP contribution in [0.25, 0.3) is 0 Å². The van der Waals surface area contributed by atoms with Crippen molar-refractivity contribution in [2.75, 3.05) is 22.4 Å². The van der Waals surface area contributed by atoms with E-state index >= 15 is 0 Å². The molecule has 0 saturated carbocycles. The van der Waals surface area contributed by atoms with E-state index in [1.54, 1.807) is 12.1 Å². The topological polar surface area (TPSA) is 75.7 Å². The minimum absolute atomic E-state index is 0.184. The first-order valence-corrected chi connectivity index (χ1v) is 11.8. The average molecular weight is 417 g/mol. The maximum atomic E-state index is 13.1. The van der Waals surface area contributed by atoms with Gasteiger partial charge in [0.1, 0.15) is 5.75 Å². The molecular weight excluding hydrogens is 388 g/mol. The smallest absolute Gasteiger partial charge is 0.265 e. The van der Waals surface area contributed by atoms with Crippen molar-refractivity contribution in [1.29, 1.82) is 0 Å². The summed E-state index contributed by atoms with van der Waals surface area (Å²) < 4.78 is 32.0. The van der Waals surface area contributed by atoms with Gasteiger partial charge < -0.3 is 10.1 Å². The number of sulfonamides is 1. The van der Waals surface area contributed by atoms with Gasteiger partial charge in [0, 0.05) is 18.7 Å². The van der Waals surface area contributed by atoms with Crippen molar-refractivity contribution >= 4 is 27.3 Å². The molecule has 0 aromatic heterocycles. The fraction of sp³-hybridized carbons (Fsp3) is 0.409. The Hall–Kier alpha value is -2.54. The van der Waals surface area contributed by atoms with Gasteiger partial charge >= 0.3 is 0 Å². The van der Waals surface area contributed by atoms with Crippen LogP contribution in [0, 0.1) is 6.92 Å². The highest BCUT2D eigenvalue weighted by atomic mass is 32.2. The second-order valence-electron chi connectivity index (χ2n) is 7.35. The monoisotopic (exact) mass is 416 g/mol. The van der Waals surface area contributed by atoms with Gasteiger partial charge in [-0.15, -0.1) is 0 Å². The van der Waals surface area contributed by atoms with Gasteiger partial charge in [0.2, 0.25) is 10.0 Å². The molecule has 7 heteroatoms. The number of hydrogen-bond acceptors (Lipinski definition) is 4. The number of para-hydroxylation sites is 1. The summed E-state index contributed by atoms with van der Waals surface area (Å²) in [6.45, 7) is 6.18. The quantitative estimate of drug-likeness (QED) is 0.807. The van der Waals surface area contributed by atoms with E-state index in [0.29, 0.717) is 11.4 Å². The summed E-state index contributed by atoms with van der Waals surface area (Å²) in [5, 5.41) is 3.04. The zero-order valence-electron chi connectivity index (χ0n) is 17.4. The normalized spacial score (nSPS) is 16.6. The molecule has 2 aromatic carbocycles. The molecule has 0 unspecified atom stereocenters. The number of carbonyl (C=O) groups is 1. The lowest BCUT2D eigenvalue weighted by molar-refractivity contribution is -0.122. The van der Waals surface area contributed by atoms with Gasteiger partial charge in [-0.2, -0.15) is 0 Å². The second kappa shape index (κ2) is 8.45. The molecule has 0 bridgehead atoms. The van der Waals surface area contributed by atoms with E-state index in [-0.39, 0.29) is 18.9 Å². The number of aryl methyl sites for hydroxylation is 3. The number of benzene rings is 2. The number of nitrogens with one attached hydrogen (secondary N) is 1. The van der Waals surface area contributed by atoms with Crippen LogP contribution in [-0.4, -0.2) is 33.2 Å². The largest absolute Gasteiger partial charge is 0.478 e. The van der Waals surface area contributed by atoms with Gasteiger partial charge in [-0.05, 0) is 48.6 Å². The molecule has 0 aliphatic carbocycles. The zero-order valence-corrected chi connectivity index (χ0v) is 18.2. The molecule has 0 radical (unpaired) electrons. The summed E-state index contributed by atoms with van der Waals surface area (Å²) >= 11 is 0. The molecule has 29 heavy (non-hydrogen) atoms. The van der Waals surface area contributed by atoms with E-state index in [4.69, 9.17) is 4.74 Å². The molecule has 3 rings (SSSR count). The molecule has 1 N–H and O–H groups in total. The van der Waals surface area contributed by atoms with Crippen molar-refractivity contribution in [2.45, 2.75) is 46.1 Å². The second-order valence-corrected chi connectivity index (χ2v) is 9.26. The number of fused-ring (bicyclic) bond motifs is 1. The molecule has 1 aliphatic rings. The Morgan fingerprint density at radius 3 is 2.41 bits per heavy atom. The predicted molar refractivity (Wildman–Crippen MR) is 116 cm³/mol. The number of nitrogens with zero attached hydrogens (tertiary/aromatic N) is 1. The Balaban J connectivity index is 1.92. The first-order chi connectivity index (χ1) is 13.7. The SMILES string of the molecule is CCc1cccc(CC)c1NC(=O)[C@@H]1CCN(S(C)(=O)=O)c2cc(C)ccc2O1. The standard InChI is InChI=1S/C22H28N2O4S/c1-5-16-8-7-9-17(6-2)21(16)23-22(25)20-12-13-24(29(4,26)27)18-14-15(3)10-11-19(18)28-20/h7-11,14,20H,5-6,12-13H2,1-4H3,(H,23,25)/t20-/m0/s1. The number of hydrogen-bond donors (Lipinski definition) is 1. The van der Waals surface area contributed by atoms with Crippen LogP contribution in [-0.2, 0) is 27.7 Å². The van der Waals surface area contributed by atoms with E-state index in [1.165, 1.54) is 10.6 Å². The van der Waals surface area contributed by atoms with E-state index in [1.807, 2.05) is 31.2 Å². The third-order valence-corrected chi connectivity index (χ3v) is 6.37. The van der Waals surface area contributed by atoms with Crippen LogP contribution in [0.15, 0.2) is 36.4 Å². The molecule has 1 amide bonds. The zero-order chi connectivity index (χ0) is 21.2. The van der Waals surface area contributed by atoms with Crippen LogP contribution in [0.3, 0.4) is 0 Å². The van der Waals surface area contributed by atoms with Gasteiger partial charge in [0.05, 0.1) is 11.9 Å². The molecular formula is C22H28N2O4S. The Labute approximate surface area is 172 Å². The van der Waals surface area contributed by atoms with Crippen molar-refractivity contribution in [3.63, 3.8) is 0 Å². The molecule has 6 nitrogen and oxygen atoms in total. The fourth-order valence-electron chi connectivity index (χ4n) is 3.63. The Morgan fingerprint density at radius 2 is 1.83 bits per heavy atom. The van der Waals surface area contributed by atoms with Crippen LogP contribution >= 0.6 is 0 Å². The molecule has 156 valence electrons. The van der Waals surface area contributed by atoms with Crippen molar-refractivity contribution in [2.24, 2.45) is 0 Å². The number of anilines is 2. The van der Waals surface area contributed by atoms with Crippen molar-refractivity contribution in [3.8, 4) is 5.75 Å². The third-order valence-electron chi connectivity index (χ3n) is 5.19. The molecule has 1 heterocycles. The first-order valence-electron chi connectivity index (χ1n) is 9.91. The minimum atomic E-state index is -3.49.